The maximum atomic E-state index is 13.5. The van der Waals surface area contributed by atoms with Crippen LogP contribution >= 0.6 is 11.6 Å². The van der Waals surface area contributed by atoms with Gasteiger partial charge in [0.05, 0.1) is 6.07 Å². The molecule has 34 heavy (non-hydrogen) atoms. The minimum Gasteiger partial charge on any atom is -0.350 e. The van der Waals surface area contributed by atoms with Crippen molar-refractivity contribution in [2.24, 2.45) is 11.3 Å². The smallest absolute Gasteiger partial charge is 0.271 e. The Morgan fingerprint density at radius 2 is 2.09 bits per heavy atom. The van der Waals surface area contributed by atoms with Crippen molar-refractivity contribution in [3.8, 4) is 6.07 Å². The first-order chi connectivity index (χ1) is 16.4. The summed E-state index contributed by atoms with van der Waals surface area (Å²) in [5.41, 5.74) is 1.18. The second-order valence-corrected chi connectivity index (χ2v) is 10.7. The van der Waals surface area contributed by atoms with E-state index in [0.29, 0.717) is 36.5 Å². The number of amides is 2. The lowest BCUT2D eigenvalue weighted by Crippen LogP contribution is -2.49. The number of aromatic nitrogens is 1. The minimum atomic E-state index is -0.732. The topological polar surface area (TPSA) is 106 Å². The molecule has 2 amide bonds. The van der Waals surface area contributed by atoms with E-state index in [1.54, 1.807) is 23.1 Å². The van der Waals surface area contributed by atoms with Crippen LogP contribution in [0.4, 0.5) is 0 Å². The number of H-pyrrole nitrogens is 1. The lowest BCUT2D eigenvalue weighted by atomic mass is 9.67. The molecule has 3 aliphatic rings. The Bertz CT molecular complexity index is 1180. The van der Waals surface area contributed by atoms with Crippen LogP contribution in [-0.2, 0) is 9.59 Å². The van der Waals surface area contributed by atoms with Crippen molar-refractivity contribution < 1.29 is 14.4 Å². The van der Waals surface area contributed by atoms with Gasteiger partial charge in [-0.15, -0.1) is 0 Å². The number of nitrogens with one attached hydrogen (secondary N) is 2. The molecule has 1 saturated heterocycles. The molecular weight excluding hydrogens is 452 g/mol. The molecule has 1 aliphatic heterocycles. The second kappa shape index (κ2) is 9.07. The van der Waals surface area contributed by atoms with Crippen LogP contribution in [0, 0.1) is 22.7 Å². The highest BCUT2D eigenvalue weighted by atomic mass is 35.5. The third kappa shape index (κ3) is 4.32. The highest BCUT2D eigenvalue weighted by Gasteiger charge is 2.52. The van der Waals surface area contributed by atoms with Crippen molar-refractivity contribution in [2.75, 3.05) is 6.54 Å². The van der Waals surface area contributed by atoms with Crippen molar-refractivity contribution in [2.45, 2.75) is 69.9 Å². The third-order valence-corrected chi connectivity index (χ3v) is 8.21. The zero-order valence-electron chi connectivity index (χ0n) is 19.1. The Labute approximate surface area is 203 Å². The minimum absolute atomic E-state index is 0.0194. The first kappa shape index (κ1) is 22.9. The van der Waals surface area contributed by atoms with Gasteiger partial charge in [0.2, 0.25) is 5.91 Å². The summed E-state index contributed by atoms with van der Waals surface area (Å²) < 4.78 is 0. The SMILES string of the molecule is N#CC(CC1CCCCC1=O)NC(=O)C1CC2(CCC2)CN1C(=O)c1cc2ccc(Cl)cc2[nH]1. The Morgan fingerprint density at radius 1 is 1.26 bits per heavy atom. The van der Waals surface area contributed by atoms with Gasteiger partial charge < -0.3 is 15.2 Å². The second-order valence-electron chi connectivity index (χ2n) is 10.3. The van der Waals surface area contributed by atoms with Crippen molar-refractivity contribution in [3.63, 3.8) is 0 Å². The van der Waals surface area contributed by atoms with Gasteiger partial charge in [-0.3, -0.25) is 14.4 Å². The molecule has 178 valence electrons. The molecule has 3 fully saturated rings. The summed E-state index contributed by atoms with van der Waals surface area (Å²) in [5.74, 6) is -0.500. The first-order valence-corrected chi connectivity index (χ1v) is 12.6. The van der Waals surface area contributed by atoms with E-state index < -0.39 is 12.1 Å². The quantitative estimate of drug-likeness (QED) is 0.662. The van der Waals surface area contributed by atoms with E-state index in [2.05, 4.69) is 16.4 Å². The molecule has 5 rings (SSSR count). The number of aromatic amines is 1. The number of nitriles is 1. The maximum absolute atomic E-state index is 13.5. The van der Waals surface area contributed by atoms with Gasteiger partial charge in [0.1, 0.15) is 23.6 Å². The summed E-state index contributed by atoms with van der Waals surface area (Å²) in [7, 11) is 0. The molecule has 7 nitrogen and oxygen atoms in total. The molecule has 1 aromatic heterocycles. The zero-order chi connectivity index (χ0) is 23.9. The maximum Gasteiger partial charge on any atom is 0.271 e. The molecule has 1 spiro atoms. The van der Waals surface area contributed by atoms with Crippen LogP contribution in [0.25, 0.3) is 10.9 Å². The monoisotopic (exact) mass is 480 g/mol. The van der Waals surface area contributed by atoms with Crippen LogP contribution in [0.15, 0.2) is 24.3 Å². The van der Waals surface area contributed by atoms with E-state index in [-0.39, 0.29) is 28.9 Å². The van der Waals surface area contributed by atoms with Gasteiger partial charge in [0.25, 0.3) is 5.91 Å². The van der Waals surface area contributed by atoms with Crippen LogP contribution in [0.2, 0.25) is 5.02 Å². The van der Waals surface area contributed by atoms with Crippen LogP contribution in [0.1, 0.15) is 68.3 Å². The van der Waals surface area contributed by atoms with Gasteiger partial charge in [-0.1, -0.05) is 30.5 Å². The average molecular weight is 481 g/mol. The number of halogens is 1. The van der Waals surface area contributed by atoms with E-state index in [9.17, 15) is 19.6 Å². The number of fused-ring (bicyclic) bond motifs is 1. The van der Waals surface area contributed by atoms with Gasteiger partial charge in [-0.25, -0.2) is 0 Å². The third-order valence-electron chi connectivity index (χ3n) is 7.97. The molecule has 0 bridgehead atoms. The fourth-order valence-electron chi connectivity index (χ4n) is 5.91. The summed E-state index contributed by atoms with van der Waals surface area (Å²) in [6, 6.07) is 8.02. The number of likely N-dealkylation sites (tertiary alicyclic amines) is 1. The normalized spacial score (nSPS) is 24.6. The summed E-state index contributed by atoms with van der Waals surface area (Å²) in [4.78, 5) is 43.9. The van der Waals surface area contributed by atoms with Crippen molar-refractivity contribution in [1.29, 1.82) is 5.26 Å². The van der Waals surface area contributed by atoms with Gasteiger partial charge in [-0.05, 0) is 62.1 Å². The summed E-state index contributed by atoms with van der Waals surface area (Å²) in [6.07, 6.45) is 7.26. The van der Waals surface area contributed by atoms with Gasteiger partial charge in [0.15, 0.2) is 0 Å². The fraction of sp³-hybridized carbons (Fsp3) is 0.538. The number of hydrogen-bond donors (Lipinski definition) is 2. The van der Waals surface area contributed by atoms with Gasteiger partial charge >= 0.3 is 0 Å². The highest BCUT2D eigenvalue weighted by Crippen LogP contribution is 2.50. The predicted molar refractivity (Wildman–Crippen MR) is 128 cm³/mol. The molecule has 3 unspecified atom stereocenters. The molecule has 2 N–H and O–H groups in total. The number of ketones is 1. The van der Waals surface area contributed by atoms with E-state index in [1.807, 2.05) is 6.07 Å². The summed E-state index contributed by atoms with van der Waals surface area (Å²) >= 11 is 6.09. The molecule has 2 heterocycles. The van der Waals surface area contributed by atoms with Crippen molar-refractivity contribution in [1.82, 2.24) is 15.2 Å². The molecule has 8 heteroatoms. The molecule has 2 aromatic rings. The van der Waals surface area contributed by atoms with Crippen molar-refractivity contribution >= 4 is 40.1 Å². The average Bonchev–Trinajstić information content (AvgIpc) is 3.41. The van der Waals surface area contributed by atoms with Crippen LogP contribution in [-0.4, -0.2) is 46.1 Å². The molecule has 3 atom stereocenters. The Balaban J connectivity index is 1.33. The number of carbonyl (C=O) groups excluding carboxylic acids is 3. The molecule has 0 radical (unpaired) electrons. The van der Waals surface area contributed by atoms with Crippen LogP contribution < -0.4 is 5.32 Å². The zero-order valence-corrected chi connectivity index (χ0v) is 19.9. The highest BCUT2D eigenvalue weighted by molar-refractivity contribution is 6.31. The fourth-order valence-corrected chi connectivity index (χ4v) is 6.09. The molecule has 2 aliphatic carbocycles. The number of hydrogen-bond acceptors (Lipinski definition) is 4. The van der Waals surface area contributed by atoms with Gasteiger partial charge in [-0.2, -0.15) is 5.26 Å². The first-order valence-electron chi connectivity index (χ1n) is 12.2. The standard InChI is InChI=1S/C26H29ClN4O3/c27-18-7-6-16-11-21(30-20(16)12-18)25(34)31-15-26(8-3-9-26)13-22(31)24(33)29-19(14-28)10-17-4-1-2-5-23(17)32/h6-7,11-12,17,19,22,30H,1-5,8-10,13,15H2,(H,29,33). The van der Waals surface area contributed by atoms with E-state index >= 15 is 0 Å². The molecule has 1 aromatic carbocycles. The Morgan fingerprint density at radius 3 is 2.79 bits per heavy atom. The van der Waals surface area contributed by atoms with Crippen LogP contribution in [0.3, 0.4) is 0 Å². The van der Waals surface area contributed by atoms with E-state index in [0.717, 1.165) is 49.4 Å². The number of Topliss-reactive ketones (excluding diaryl/α,β-unsaturated/α-hetero) is 1. The summed E-state index contributed by atoms with van der Waals surface area (Å²) in [6.45, 7) is 0.540. The molecule has 2 saturated carbocycles. The number of nitrogens with zero attached hydrogens (tertiary/aromatic N) is 2. The largest absolute Gasteiger partial charge is 0.350 e. The van der Waals surface area contributed by atoms with Crippen LogP contribution in [0.5, 0.6) is 0 Å². The lowest BCUT2D eigenvalue weighted by Gasteiger charge is -2.37. The number of benzene rings is 1. The Hall–Kier alpha value is -2.85. The lowest BCUT2D eigenvalue weighted by molar-refractivity contribution is -0.127. The van der Waals surface area contributed by atoms with E-state index in [1.165, 1.54) is 0 Å². The predicted octanol–water partition coefficient (Wildman–Crippen LogP) is 4.36. The van der Waals surface area contributed by atoms with Crippen molar-refractivity contribution in [3.05, 3.63) is 35.0 Å². The summed E-state index contributed by atoms with van der Waals surface area (Å²) in [5, 5.41) is 14.0. The number of rotatable bonds is 5. The molecular formula is C26H29ClN4O3. The number of carbonyl (C=O) groups is 3. The van der Waals surface area contributed by atoms with E-state index in [4.69, 9.17) is 11.6 Å². The van der Waals surface area contributed by atoms with Gasteiger partial charge in [0, 0.05) is 34.8 Å². The Kier molecular flexibility index (Phi) is 6.11.